The molecular formula is C22H36IN7O. The Morgan fingerprint density at radius 3 is 2.45 bits per heavy atom. The summed E-state index contributed by atoms with van der Waals surface area (Å²) in [6.07, 6.45) is 2.90. The van der Waals surface area contributed by atoms with Crippen LogP contribution in [0.4, 0.5) is 5.69 Å². The number of hydrogen-bond acceptors (Lipinski definition) is 5. The first-order valence-corrected chi connectivity index (χ1v) is 10.8. The predicted octanol–water partition coefficient (Wildman–Crippen LogP) is 2.31. The molecule has 1 fully saturated rings. The van der Waals surface area contributed by atoms with Crippen LogP contribution in [0.25, 0.3) is 0 Å². The molecule has 0 radical (unpaired) electrons. The number of ether oxygens (including phenoxy) is 1. The number of aliphatic imine (C=N–C) groups is 1. The average molecular weight is 541 g/mol. The van der Waals surface area contributed by atoms with Crippen LogP contribution in [0.1, 0.15) is 19.0 Å². The van der Waals surface area contributed by atoms with Crippen molar-refractivity contribution in [2.45, 2.75) is 19.9 Å². The number of nitrogens with one attached hydrogen (secondary N) is 2. The highest BCUT2D eigenvalue weighted by atomic mass is 127. The van der Waals surface area contributed by atoms with Gasteiger partial charge >= 0.3 is 0 Å². The number of anilines is 1. The normalized spacial score (nSPS) is 14.8. The molecule has 31 heavy (non-hydrogen) atoms. The maximum absolute atomic E-state index is 5.25. The van der Waals surface area contributed by atoms with Gasteiger partial charge in [-0.1, -0.05) is 0 Å². The van der Waals surface area contributed by atoms with Gasteiger partial charge in [0.2, 0.25) is 0 Å². The lowest BCUT2D eigenvalue weighted by Crippen LogP contribution is -2.47. The third kappa shape index (κ3) is 7.88. The van der Waals surface area contributed by atoms with Crippen LogP contribution in [0, 0.1) is 0 Å². The lowest BCUT2D eigenvalue weighted by atomic mass is 10.2. The van der Waals surface area contributed by atoms with Crippen molar-refractivity contribution in [2.24, 2.45) is 12.0 Å². The molecule has 9 heteroatoms. The highest BCUT2D eigenvalue weighted by Gasteiger charge is 2.16. The molecule has 8 nitrogen and oxygen atoms in total. The summed E-state index contributed by atoms with van der Waals surface area (Å²) in [4.78, 5) is 9.65. The second-order valence-corrected chi connectivity index (χ2v) is 7.45. The van der Waals surface area contributed by atoms with Gasteiger partial charge in [0.05, 0.1) is 19.3 Å². The Morgan fingerprint density at radius 1 is 1.10 bits per heavy atom. The van der Waals surface area contributed by atoms with E-state index in [0.29, 0.717) is 6.54 Å². The van der Waals surface area contributed by atoms with Gasteiger partial charge in [0.1, 0.15) is 5.75 Å². The first-order chi connectivity index (χ1) is 14.7. The summed E-state index contributed by atoms with van der Waals surface area (Å²) in [5.74, 6) is 1.77. The monoisotopic (exact) mass is 541 g/mol. The molecule has 1 aliphatic rings. The quantitative estimate of drug-likeness (QED) is 0.220. The van der Waals surface area contributed by atoms with Gasteiger partial charge in [-0.05, 0) is 50.2 Å². The Morgan fingerprint density at radius 2 is 1.84 bits per heavy atom. The maximum atomic E-state index is 5.25. The van der Waals surface area contributed by atoms with E-state index in [1.54, 1.807) is 13.3 Å². The second kappa shape index (κ2) is 13.4. The van der Waals surface area contributed by atoms with Crippen molar-refractivity contribution >= 4 is 35.6 Å². The standard InChI is InChI=1S/C22H35N7O.HI/c1-4-23-22(25-18-20-10-12-26-27(20)2)24-11-5-13-28-14-16-29(17-15-28)19-6-8-21(30-3)9-7-19;/h6-10,12H,4-5,11,13-18H2,1-3H3,(H2,23,24,25);1H. The largest absolute Gasteiger partial charge is 0.497 e. The van der Waals surface area contributed by atoms with Gasteiger partial charge in [-0.15, -0.1) is 24.0 Å². The average Bonchev–Trinajstić information content (AvgIpc) is 3.20. The molecule has 1 aliphatic heterocycles. The van der Waals surface area contributed by atoms with Crippen LogP contribution >= 0.6 is 24.0 Å². The Labute approximate surface area is 203 Å². The fraction of sp³-hybridized carbons (Fsp3) is 0.545. The van der Waals surface area contributed by atoms with E-state index in [1.807, 2.05) is 29.9 Å². The van der Waals surface area contributed by atoms with E-state index in [0.717, 1.165) is 69.6 Å². The van der Waals surface area contributed by atoms with Gasteiger partial charge < -0.3 is 20.3 Å². The van der Waals surface area contributed by atoms with Gasteiger partial charge in [0.15, 0.2) is 5.96 Å². The molecule has 0 amide bonds. The summed E-state index contributed by atoms with van der Waals surface area (Å²) in [6.45, 7) is 9.90. The molecule has 0 bridgehead atoms. The van der Waals surface area contributed by atoms with Crippen LogP contribution in [0.5, 0.6) is 5.75 Å². The molecule has 0 unspecified atom stereocenters. The molecule has 0 atom stereocenters. The minimum atomic E-state index is 0. The summed E-state index contributed by atoms with van der Waals surface area (Å²) in [6, 6.07) is 10.4. The molecule has 1 aromatic heterocycles. The van der Waals surface area contributed by atoms with Gasteiger partial charge in [-0.25, -0.2) is 4.99 Å². The van der Waals surface area contributed by atoms with Crippen LogP contribution in [0.2, 0.25) is 0 Å². The highest BCUT2D eigenvalue weighted by Crippen LogP contribution is 2.20. The molecule has 2 N–H and O–H groups in total. The number of rotatable bonds is 9. The van der Waals surface area contributed by atoms with Crippen LogP contribution < -0.4 is 20.3 Å². The third-order valence-electron chi connectivity index (χ3n) is 5.42. The van der Waals surface area contributed by atoms with Gasteiger partial charge in [-0.3, -0.25) is 9.58 Å². The molecule has 0 aliphatic carbocycles. The van der Waals surface area contributed by atoms with Crippen molar-refractivity contribution in [3.63, 3.8) is 0 Å². The van der Waals surface area contributed by atoms with Crippen LogP contribution in [-0.4, -0.2) is 73.6 Å². The number of aromatic nitrogens is 2. The summed E-state index contributed by atoms with van der Waals surface area (Å²) in [5, 5.41) is 11.0. The number of hydrogen-bond donors (Lipinski definition) is 2. The van der Waals surface area contributed by atoms with Crippen molar-refractivity contribution in [3.8, 4) is 5.75 Å². The number of guanidine groups is 1. The maximum Gasteiger partial charge on any atom is 0.191 e. The topological polar surface area (TPSA) is 70.0 Å². The Kier molecular flexibility index (Phi) is 10.9. The molecule has 0 spiro atoms. The van der Waals surface area contributed by atoms with Crippen molar-refractivity contribution < 1.29 is 4.74 Å². The van der Waals surface area contributed by atoms with Crippen molar-refractivity contribution in [1.82, 2.24) is 25.3 Å². The zero-order chi connectivity index (χ0) is 21.2. The molecule has 172 valence electrons. The van der Waals surface area contributed by atoms with Crippen molar-refractivity contribution in [3.05, 3.63) is 42.2 Å². The third-order valence-corrected chi connectivity index (χ3v) is 5.42. The number of aryl methyl sites for hydroxylation is 1. The van der Waals surface area contributed by atoms with Crippen molar-refractivity contribution in [2.75, 3.05) is 57.8 Å². The molecule has 1 aromatic carbocycles. The first-order valence-electron chi connectivity index (χ1n) is 10.8. The first kappa shape index (κ1) is 25.3. The molecule has 0 saturated carbocycles. The summed E-state index contributed by atoms with van der Waals surface area (Å²) in [7, 11) is 3.65. The highest BCUT2D eigenvalue weighted by molar-refractivity contribution is 14.0. The Hall–Kier alpha value is -2.01. The zero-order valence-electron chi connectivity index (χ0n) is 18.9. The number of halogens is 1. The van der Waals surface area contributed by atoms with Crippen molar-refractivity contribution in [1.29, 1.82) is 0 Å². The van der Waals surface area contributed by atoms with Crippen LogP contribution in [0.15, 0.2) is 41.5 Å². The predicted molar refractivity (Wildman–Crippen MR) is 138 cm³/mol. The lowest BCUT2D eigenvalue weighted by molar-refractivity contribution is 0.255. The van der Waals surface area contributed by atoms with Gasteiger partial charge in [-0.2, -0.15) is 5.10 Å². The molecule has 3 rings (SSSR count). The SMILES string of the molecule is CCNC(=NCc1ccnn1C)NCCCN1CCN(c2ccc(OC)cc2)CC1.I. The van der Waals surface area contributed by atoms with E-state index in [2.05, 4.69) is 49.6 Å². The van der Waals surface area contributed by atoms with Crippen LogP contribution in [0.3, 0.4) is 0 Å². The summed E-state index contributed by atoms with van der Waals surface area (Å²) >= 11 is 0. The lowest BCUT2D eigenvalue weighted by Gasteiger charge is -2.36. The van der Waals surface area contributed by atoms with E-state index in [9.17, 15) is 0 Å². The van der Waals surface area contributed by atoms with E-state index in [4.69, 9.17) is 4.74 Å². The van der Waals surface area contributed by atoms with Gasteiger partial charge in [0.25, 0.3) is 0 Å². The minimum absolute atomic E-state index is 0. The second-order valence-electron chi connectivity index (χ2n) is 7.45. The smallest absolute Gasteiger partial charge is 0.191 e. The molecule has 2 heterocycles. The zero-order valence-corrected chi connectivity index (χ0v) is 21.2. The fourth-order valence-electron chi connectivity index (χ4n) is 3.59. The number of nitrogens with zero attached hydrogens (tertiary/aromatic N) is 5. The minimum Gasteiger partial charge on any atom is -0.497 e. The van der Waals surface area contributed by atoms with E-state index in [1.165, 1.54) is 5.69 Å². The van der Waals surface area contributed by atoms with Gasteiger partial charge in [0, 0.05) is 58.2 Å². The van der Waals surface area contributed by atoms with E-state index in [-0.39, 0.29) is 24.0 Å². The Bertz CT molecular complexity index is 785. The summed E-state index contributed by atoms with van der Waals surface area (Å²) in [5.41, 5.74) is 2.37. The Balaban J connectivity index is 0.00000341. The van der Waals surface area contributed by atoms with E-state index < -0.39 is 0 Å². The van der Waals surface area contributed by atoms with E-state index >= 15 is 0 Å². The molecule has 1 saturated heterocycles. The fourth-order valence-corrected chi connectivity index (χ4v) is 3.59. The van der Waals surface area contributed by atoms with Crippen LogP contribution in [-0.2, 0) is 13.6 Å². The number of methoxy groups -OCH3 is 1. The number of piperazine rings is 1. The summed E-state index contributed by atoms with van der Waals surface area (Å²) < 4.78 is 7.11. The molecule has 2 aromatic rings. The molecular weight excluding hydrogens is 505 g/mol. The number of benzene rings is 1.